The van der Waals surface area contributed by atoms with Crippen LogP contribution in [0.25, 0.3) is 0 Å². The molecule has 2 heterocycles. The number of carbonyl (C=O) groups is 1. The van der Waals surface area contributed by atoms with Crippen molar-refractivity contribution in [2.45, 2.75) is 19.8 Å². The van der Waals surface area contributed by atoms with Crippen molar-refractivity contribution in [3.05, 3.63) is 63.3 Å². The monoisotopic (exact) mass is 343 g/mol. The number of aromatic nitrogens is 2. The molecule has 1 N–H and O–H groups in total. The number of hydrogen-bond acceptors (Lipinski definition) is 5. The number of nitrogens with zero attached hydrogens (tertiary/aromatic N) is 2. The van der Waals surface area contributed by atoms with E-state index >= 15 is 0 Å². The van der Waals surface area contributed by atoms with Gasteiger partial charge in [0.15, 0.2) is 0 Å². The number of hydrogen-bond donors (Lipinski definition) is 1. The molecule has 1 amide bonds. The molecule has 0 fully saturated rings. The van der Waals surface area contributed by atoms with E-state index in [0.717, 1.165) is 5.56 Å². The van der Waals surface area contributed by atoms with Crippen LogP contribution < -0.4 is 5.32 Å². The normalized spacial score (nSPS) is 13.5. The lowest BCUT2D eigenvalue weighted by Gasteiger charge is -2.22. The molecular weight excluding hydrogens is 326 g/mol. The maximum absolute atomic E-state index is 12.6. The Hall–Kier alpha value is -2.05. The van der Waals surface area contributed by atoms with Gasteiger partial charge in [-0.2, -0.15) is 0 Å². The van der Waals surface area contributed by atoms with Crippen molar-refractivity contribution in [2.75, 3.05) is 5.32 Å². The number of nitrogens with one attached hydrogen (secondary N) is 1. The van der Waals surface area contributed by atoms with Gasteiger partial charge in [-0.25, -0.2) is 0 Å². The number of aryl methyl sites for hydroxylation is 1. The average molecular weight is 343 g/mol. The van der Waals surface area contributed by atoms with E-state index in [-0.39, 0.29) is 17.7 Å². The molecule has 0 aliphatic carbocycles. The molecule has 3 aromatic rings. The second-order valence-electron chi connectivity index (χ2n) is 5.36. The van der Waals surface area contributed by atoms with E-state index in [9.17, 15) is 4.79 Å². The maximum atomic E-state index is 12.6. The first-order valence-corrected chi connectivity index (χ1v) is 9.03. The molecule has 0 aliphatic rings. The fraction of sp³-hybridized carbons (Fsp3) is 0.235. The van der Waals surface area contributed by atoms with Gasteiger partial charge in [0.05, 0.1) is 0 Å². The smallest absolute Gasteiger partial charge is 0.230 e. The topological polar surface area (TPSA) is 54.9 Å². The van der Waals surface area contributed by atoms with Crippen molar-refractivity contribution in [3.8, 4) is 0 Å². The summed E-state index contributed by atoms with van der Waals surface area (Å²) < 4.78 is 0. The third-order valence-electron chi connectivity index (χ3n) is 3.73. The number of rotatable bonds is 5. The molecule has 118 valence electrons. The van der Waals surface area contributed by atoms with Gasteiger partial charge in [-0.05, 0) is 24.6 Å². The summed E-state index contributed by atoms with van der Waals surface area (Å²) >= 11 is 3.06. The van der Waals surface area contributed by atoms with E-state index in [2.05, 4.69) is 46.7 Å². The van der Waals surface area contributed by atoms with Gasteiger partial charge in [-0.3, -0.25) is 4.79 Å². The fourth-order valence-electron chi connectivity index (χ4n) is 2.58. The van der Waals surface area contributed by atoms with Crippen molar-refractivity contribution >= 4 is 33.7 Å². The molecule has 6 heteroatoms. The van der Waals surface area contributed by atoms with Crippen LogP contribution in [0.3, 0.4) is 0 Å². The van der Waals surface area contributed by atoms with Gasteiger partial charge in [-0.1, -0.05) is 48.6 Å². The molecule has 2 atom stereocenters. The molecule has 4 nitrogen and oxygen atoms in total. The predicted molar refractivity (Wildman–Crippen MR) is 95.0 cm³/mol. The summed E-state index contributed by atoms with van der Waals surface area (Å²) in [5, 5.41) is 11.0. The van der Waals surface area contributed by atoms with E-state index < -0.39 is 0 Å². The standard InChI is InChI=1S/C17H17N3OS2/c1-11-8-9-14(23-11)15(13-6-4-3-5-7-13)12(2)16(21)19-17-20-18-10-22-17/h3-10,12,15H,1-2H3,(H,19,20,21). The van der Waals surface area contributed by atoms with Gasteiger partial charge < -0.3 is 5.32 Å². The Balaban J connectivity index is 1.90. The lowest BCUT2D eigenvalue weighted by molar-refractivity contribution is -0.119. The van der Waals surface area contributed by atoms with Crippen LogP contribution in [-0.2, 0) is 4.79 Å². The molecule has 23 heavy (non-hydrogen) atoms. The van der Waals surface area contributed by atoms with Gasteiger partial charge in [0, 0.05) is 21.6 Å². The summed E-state index contributed by atoms with van der Waals surface area (Å²) in [4.78, 5) is 15.1. The Morgan fingerprint density at radius 1 is 1.17 bits per heavy atom. The van der Waals surface area contributed by atoms with E-state index in [1.165, 1.54) is 21.1 Å². The van der Waals surface area contributed by atoms with Crippen molar-refractivity contribution in [2.24, 2.45) is 5.92 Å². The molecule has 3 rings (SSSR count). The summed E-state index contributed by atoms with van der Waals surface area (Å²) in [6, 6.07) is 14.4. The van der Waals surface area contributed by atoms with E-state index in [0.29, 0.717) is 5.13 Å². The van der Waals surface area contributed by atoms with Crippen molar-refractivity contribution in [1.82, 2.24) is 10.2 Å². The first-order valence-electron chi connectivity index (χ1n) is 7.33. The largest absolute Gasteiger partial charge is 0.300 e. The molecule has 0 saturated heterocycles. The van der Waals surface area contributed by atoms with Crippen LogP contribution in [0.4, 0.5) is 5.13 Å². The Morgan fingerprint density at radius 3 is 2.57 bits per heavy atom. The van der Waals surface area contributed by atoms with Crippen LogP contribution in [0.5, 0.6) is 0 Å². The number of benzene rings is 1. The molecule has 0 radical (unpaired) electrons. The van der Waals surface area contributed by atoms with Crippen molar-refractivity contribution < 1.29 is 4.79 Å². The van der Waals surface area contributed by atoms with Gasteiger partial charge in [-0.15, -0.1) is 21.5 Å². The minimum atomic E-state index is -0.209. The molecule has 0 aliphatic heterocycles. The van der Waals surface area contributed by atoms with Gasteiger partial charge in [0.2, 0.25) is 11.0 Å². The molecule has 2 unspecified atom stereocenters. The zero-order chi connectivity index (χ0) is 16.2. The zero-order valence-corrected chi connectivity index (χ0v) is 14.5. The molecule has 2 aromatic heterocycles. The first-order chi connectivity index (χ1) is 11.1. The Morgan fingerprint density at radius 2 is 1.96 bits per heavy atom. The first kappa shape index (κ1) is 15.8. The third kappa shape index (κ3) is 3.65. The summed E-state index contributed by atoms with van der Waals surface area (Å²) in [5.74, 6) is -0.219. The molecular formula is C17H17N3OS2. The van der Waals surface area contributed by atoms with Crippen LogP contribution in [0, 0.1) is 12.8 Å². The highest BCUT2D eigenvalue weighted by Gasteiger charge is 2.28. The lowest BCUT2D eigenvalue weighted by atomic mass is 9.85. The molecule has 1 aromatic carbocycles. The third-order valence-corrected chi connectivity index (χ3v) is 5.42. The van der Waals surface area contributed by atoms with Crippen molar-refractivity contribution in [3.63, 3.8) is 0 Å². The molecule has 0 bridgehead atoms. The summed E-state index contributed by atoms with van der Waals surface area (Å²) in [6.45, 7) is 4.05. The Labute approximate surface area is 143 Å². The SMILES string of the molecule is Cc1ccc(C(c2ccccc2)C(C)C(=O)Nc2nncs2)s1. The van der Waals surface area contributed by atoms with Crippen LogP contribution in [0.2, 0.25) is 0 Å². The van der Waals surface area contributed by atoms with E-state index in [1.54, 1.807) is 16.8 Å². The summed E-state index contributed by atoms with van der Waals surface area (Å²) in [6.07, 6.45) is 0. The number of thiophene rings is 1. The number of anilines is 1. The lowest BCUT2D eigenvalue weighted by Crippen LogP contribution is -2.26. The second-order valence-corrected chi connectivity index (χ2v) is 7.51. The quantitative estimate of drug-likeness (QED) is 0.751. The minimum absolute atomic E-state index is 0.0304. The van der Waals surface area contributed by atoms with Crippen LogP contribution in [0.1, 0.15) is 28.2 Å². The summed E-state index contributed by atoms with van der Waals surface area (Å²) in [5.41, 5.74) is 2.76. The van der Waals surface area contributed by atoms with E-state index in [1.807, 2.05) is 25.1 Å². The zero-order valence-electron chi connectivity index (χ0n) is 12.9. The summed E-state index contributed by atoms with van der Waals surface area (Å²) in [7, 11) is 0. The van der Waals surface area contributed by atoms with Gasteiger partial charge in [0.1, 0.15) is 5.51 Å². The van der Waals surface area contributed by atoms with Crippen molar-refractivity contribution in [1.29, 1.82) is 0 Å². The minimum Gasteiger partial charge on any atom is -0.300 e. The second kappa shape index (κ2) is 7.02. The highest BCUT2D eigenvalue weighted by molar-refractivity contribution is 7.13. The highest BCUT2D eigenvalue weighted by atomic mass is 32.1. The average Bonchev–Trinajstić information content (AvgIpc) is 3.20. The van der Waals surface area contributed by atoms with Crippen LogP contribution in [-0.4, -0.2) is 16.1 Å². The Bertz CT molecular complexity index is 768. The maximum Gasteiger partial charge on any atom is 0.230 e. The highest BCUT2D eigenvalue weighted by Crippen LogP contribution is 2.36. The predicted octanol–water partition coefficient (Wildman–Crippen LogP) is 4.31. The van der Waals surface area contributed by atoms with Gasteiger partial charge >= 0.3 is 0 Å². The van der Waals surface area contributed by atoms with E-state index in [4.69, 9.17) is 0 Å². The number of amides is 1. The van der Waals surface area contributed by atoms with Crippen LogP contribution in [0.15, 0.2) is 48.0 Å². The molecule has 0 saturated carbocycles. The molecule has 0 spiro atoms. The van der Waals surface area contributed by atoms with Crippen LogP contribution >= 0.6 is 22.7 Å². The number of carbonyl (C=O) groups excluding carboxylic acids is 1. The Kier molecular flexibility index (Phi) is 4.83. The fourth-order valence-corrected chi connectivity index (χ4v) is 4.14. The van der Waals surface area contributed by atoms with Gasteiger partial charge in [0.25, 0.3) is 0 Å².